The van der Waals surface area contributed by atoms with Crippen LogP contribution in [-0.4, -0.2) is 117 Å². The molecule has 1 heterocycles. The molecule has 3 N–H and O–H groups in total. The van der Waals surface area contributed by atoms with Crippen LogP contribution < -0.4 is 16.1 Å². The topological polar surface area (TPSA) is 108 Å². The fraction of sp³-hybridized carbons (Fsp3) is 1.00. The van der Waals surface area contributed by atoms with Crippen molar-refractivity contribution in [2.24, 2.45) is 0 Å². The molecule has 8 nitrogen and oxygen atoms in total. The van der Waals surface area contributed by atoms with Crippen molar-refractivity contribution in [2.45, 2.75) is 67.0 Å². The number of hydrogen-bond acceptors (Lipinski definition) is 8. The van der Waals surface area contributed by atoms with E-state index in [1.165, 1.54) is 0 Å². The van der Waals surface area contributed by atoms with E-state index >= 15 is 0 Å². The molecule has 1 atom stereocenters. The van der Waals surface area contributed by atoms with E-state index < -0.39 is 34.1 Å². The first-order chi connectivity index (χ1) is 17.8. The molecular formula is C26H60N4O4P4. The highest BCUT2D eigenvalue weighted by atomic mass is 31.2. The zero-order valence-electron chi connectivity index (χ0n) is 25.8. The van der Waals surface area contributed by atoms with Crippen LogP contribution >= 0.6 is 28.6 Å². The molecule has 1 rings (SSSR count). The highest BCUT2D eigenvalue weighted by molar-refractivity contribution is 7.65. The van der Waals surface area contributed by atoms with Gasteiger partial charge in [-0.2, -0.15) is 0 Å². The number of nitrogens with one attached hydrogen (secondary N) is 3. The molecule has 1 fully saturated rings. The van der Waals surface area contributed by atoms with Gasteiger partial charge in [0.25, 0.3) is 0 Å². The molecule has 38 heavy (non-hydrogen) atoms. The van der Waals surface area contributed by atoms with Crippen molar-refractivity contribution < 1.29 is 18.3 Å². The van der Waals surface area contributed by atoms with Gasteiger partial charge in [0.1, 0.15) is 7.14 Å². The van der Waals surface area contributed by atoms with Crippen LogP contribution in [0.15, 0.2) is 0 Å². The smallest absolute Gasteiger partial charge is 0.102 e. The molecule has 228 valence electrons. The number of hydrogen-bond donors (Lipinski definition) is 3. The number of rotatable bonds is 16. The zero-order chi connectivity index (χ0) is 29.1. The first-order valence-electron chi connectivity index (χ1n) is 15.1. The van der Waals surface area contributed by atoms with Crippen molar-refractivity contribution in [3.05, 3.63) is 0 Å². The second-order valence-electron chi connectivity index (χ2n) is 11.1. The van der Waals surface area contributed by atoms with Gasteiger partial charge in [-0.25, -0.2) is 5.01 Å². The van der Waals surface area contributed by atoms with Gasteiger partial charge in [-0.1, -0.05) is 55.4 Å². The van der Waals surface area contributed by atoms with Crippen LogP contribution in [0, 0.1) is 0 Å². The molecule has 0 aliphatic carbocycles. The summed E-state index contributed by atoms with van der Waals surface area (Å²) < 4.78 is 57.0. The molecule has 0 aromatic heterocycles. The van der Waals surface area contributed by atoms with E-state index in [4.69, 9.17) is 0 Å². The van der Waals surface area contributed by atoms with Crippen molar-refractivity contribution in [3.63, 3.8) is 0 Å². The lowest BCUT2D eigenvalue weighted by molar-refractivity contribution is 0.0557. The molecular weight excluding hydrogens is 556 g/mol. The predicted octanol–water partition coefficient (Wildman–Crippen LogP) is 5.66. The lowest BCUT2D eigenvalue weighted by Gasteiger charge is -2.53. The van der Waals surface area contributed by atoms with Crippen molar-refractivity contribution >= 4 is 28.6 Å². The Bertz CT molecular complexity index is 798. The number of hydrazine groups is 1. The van der Waals surface area contributed by atoms with Crippen molar-refractivity contribution in [2.75, 3.05) is 100 Å². The van der Waals surface area contributed by atoms with E-state index in [1.54, 1.807) is 0 Å². The van der Waals surface area contributed by atoms with Crippen LogP contribution in [0.1, 0.15) is 55.4 Å². The Morgan fingerprint density at radius 1 is 0.605 bits per heavy atom. The third kappa shape index (κ3) is 9.94. The van der Waals surface area contributed by atoms with Gasteiger partial charge in [-0.05, 0) is 49.3 Å². The second-order valence-corrected chi connectivity index (χ2v) is 25.9. The Morgan fingerprint density at radius 2 is 1.03 bits per heavy atom. The fourth-order valence-corrected chi connectivity index (χ4v) is 14.3. The minimum atomic E-state index is -2.66. The van der Waals surface area contributed by atoms with Crippen molar-refractivity contribution in [3.8, 4) is 0 Å². The Kier molecular flexibility index (Phi) is 15.9. The lowest BCUT2D eigenvalue weighted by Crippen LogP contribution is -2.71. The van der Waals surface area contributed by atoms with E-state index in [-0.39, 0.29) is 6.04 Å². The summed E-state index contributed by atoms with van der Waals surface area (Å²) in [5.41, 5.74) is 2.79. The largest absolute Gasteiger partial charge is 0.324 e. The summed E-state index contributed by atoms with van der Waals surface area (Å²) in [4.78, 5) is 0. The summed E-state index contributed by atoms with van der Waals surface area (Å²) >= 11 is 0. The maximum Gasteiger partial charge on any atom is 0.102 e. The SMILES string of the molecule is CCP(=O)(CC)CC1NCCNCCNN(CP(=O)(CC)CC)C1(CP(=O)(CC)CC)CP(=O)(CC)CC. The zero-order valence-corrected chi connectivity index (χ0v) is 29.3. The first kappa shape index (κ1) is 36.8. The maximum atomic E-state index is 14.4. The van der Waals surface area contributed by atoms with Crippen LogP contribution in [0.3, 0.4) is 0 Å². The molecule has 0 aromatic carbocycles. The molecule has 0 radical (unpaired) electrons. The van der Waals surface area contributed by atoms with Crippen LogP contribution in [0.5, 0.6) is 0 Å². The quantitative estimate of drug-likeness (QED) is 0.191. The molecule has 1 aliphatic rings. The summed E-state index contributed by atoms with van der Waals surface area (Å²) in [5.74, 6) is 0. The van der Waals surface area contributed by atoms with E-state index in [9.17, 15) is 18.3 Å². The first-order valence-corrected chi connectivity index (χ1v) is 24.1. The highest BCUT2D eigenvalue weighted by Crippen LogP contribution is 2.58. The van der Waals surface area contributed by atoms with Gasteiger partial charge in [0, 0.05) is 50.7 Å². The average molecular weight is 617 g/mol. The minimum Gasteiger partial charge on any atom is -0.324 e. The van der Waals surface area contributed by atoms with Gasteiger partial charge in [-0.15, -0.1) is 0 Å². The molecule has 0 amide bonds. The minimum absolute atomic E-state index is 0.291. The average Bonchev–Trinajstić information content (AvgIpc) is 2.94. The standard InChI is InChI=1S/C26H60N4O4P4/c1-9-35(31,10-2)21-25-26(22-36(32,11-3)12-4,23-37(33,13-5)14-6)30(24-38(34,15-7)16-8)29-20-18-27-17-19-28-25/h25,27-29H,9-24H2,1-8H3. The Morgan fingerprint density at radius 3 is 1.45 bits per heavy atom. The number of nitrogens with zero attached hydrogens (tertiary/aromatic N) is 1. The molecule has 1 aliphatic heterocycles. The van der Waals surface area contributed by atoms with Gasteiger partial charge in [-0.3, -0.25) is 5.43 Å². The third-order valence-electron chi connectivity index (χ3n) is 9.13. The molecule has 1 saturated heterocycles. The van der Waals surface area contributed by atoms with E-state index in [2.05, 4.69) is 21.1 Å². The van der Waals surface area contributed by atoms with Crippen LogP contribution in [0.25, 0.3) is 0 Å². The van der Waals surface area contributed by atoms with Gasteiger partial charge >= 0.3 is 0 Å². The molecule has 0 bridgehead atoms. The normalized spacial score (nSPS) is 20.9. The Labute approximate surface area is 234 Å². The maximum absolute atomic E-state index is 14.4. The monoisotopic (exact) mass is 616 g/mol. The second kappa shape index (κ2) is 16.4. The Hall–Kier alpha value is 0.760. The van der Waals surface area contributed by atoms with Gasteiger partial charge in [0.05, 0.1) is 33.3 Å². The lowest BCUT2D eigenvalue weighted by atomic mass is 9.94. The highest BCUT2D eigenvalue weighted by Gasteiger charge is 2.53. The van der Waals surface area contributed by atoms with Crippen LogP contribution in [0.2, 0.25) is 0 Å². The van der Waals surface area contributed by atoms with Crippen molar-refractivity contribution in [1.29, 1.82) is 0 Å². The fourth-order valence-electron chi connectivity index (χ4n) is 5.53. The Balaban J connectivity index is 4.08. The van der Waals surface area contributed by atoms with Crippen molar-refractivity contribution in [1.82, 2.24) is 21.1 Å². The summed E-state index contributed by atoms with van der Waals surface area (Å²) in [7, 11) is -10.4. The summed E-state index contributed by atoms with van der Waals surface area (Å²) in [5, 5.41) is 9.32. The van der Waals surface area contributed by atoms with Gasteiger partial charge in [0.15, 0.2) is 0 Å². The molecule has 0 aromatic rings. The summed E-state index contributed by atoms with van der Waals surface area (Å²) in [6.07, 6.45) is 6.18. The molecule has 12 heteroatoms. The molecule has 0 spiro atoms. The predicted molar refractivity (Wildman–Crippen MR) is 171 cm³/mol. The summed E-state index contributed by atoms with van der Waals surface area (Å²) in [6, 6.07) is -0.291. The molecule has 1 unspecified atom stereocenters. The third-order valence-corrected chi connectivity index (χ3v) is 22.4. The van der Waals surface area contributed by atoms with Gasteiger partial charge < -0.3 is 28.9 Å². The van der Waals surface area contributed by atoms with E-state index in [0.29, 0.717) is 87.2 Å². The van der Waals surface area contributed by atoms with Crippen LogP contribution in [0.4, 0.5) is 0 Å². The summed E-state index contributed by atoms with van der Waals surface area (Å²) in [6.45, 7) is 18.7. The van der Waals surface area contributed by atoms with Gasteiger partial charge in [0.2, 0.25) is 0 Å². The van der Waals surface area contributed by atoms with E-state index in [1.807, 2.05) is 55.4 Å². The van der Waals surface area contributed by atoms with E-state index in [0.717, 1.165) is 13.1 Å². The molecule has 0 saturated carbocycles. The van der Waals surface area contributed by atoms with Crippen LogP contribution in [-0.2, 0) is 18.3 Å².